The minimum absolute atomic E-state index is 0.108. The van der Waals surface area contributed by atoms with Gasteiger partial charge in [-0.2, -0.15) is 0 Å². The molecule has 2 N–H and O–H groups in total. The third kappa shape index (κ3) is 2.53. The molecule has 0 radical (unpaired) electrons. The Morgan fingerprint density at radius 1 is 1.20 bits per heavy atom. The van der Waals surface area contributed by atoms with Crippen LogP contribution in [0.25, 0.3) is 0 Å². The van der Waals surface area contributed by atoms with Gasteiger partial charge in [-0.25, -0.2) is 9.37 Å². The van der Waals surface area contributed by atoms with E-state index < -0.39 is 5.82 Å². The lowest BCUT2D eigenvalue weighted by atomic mass is 10.2. The van der Waals surface area contributed by atoms with Crippen molar-refractivity contribution in [2.24, 2.45) is 0 Å². The van der Waals surface area contributed by atoms with Gasteiger partial charge in [0.15, 0.2) is 5.13 Å². The number of nitrogen functional groups attached to an aromatic ring is 1. The Labute approximate surface area is 125 Å². The molecule has 0 bridgehead atoms. The number of hydrogen-bond donors (Lipinski definition) is 1. The van der Waals surface area contributed by atoms with E-state index >= 15 is 0 Å². The largest absolute Gasteiger partial charge is 0.397 e. The zero-order chi connectivity index (χ0) is 14.1. The van der Waals surface area contributed by atoms with Gasteiger partial charge in [0.1, 0.15) is 5.82 Å². The van der Waals surface area contributed by atoms with Crippen LogP contribution in [-0.2, 0) is 0 Å². The van der Waals surface area contributed by atoms with E-state index in [9.17, 15) is 4.39 Å². The maximum absolute atomic E-state index is 13.3. The Morgan fingerprint density at radius 3 is 2.55 bits per heavy atom. The van der Waals surface area contributed by atoms with Crippen LogP contribution in [0.15, 0.2) is 23.7 Å². The van der Waals surface area contributed by atoms with Crippen LogP contribution in [0.4, 0.5) is 20.9 Å². The van der Waals surface area contributed by atoms with Gasteiger partial charge < -0.3 is 15.5 Å². The molecule has 4 nitrogen and oxygen atoms in total. The lowest BCUT2D eigenvalue weighted by Crippen LogP contribution is -2.46. The van der Waals surface area contributed by atoms with Crippen molar-refractivity contribution in [3.8, 4) is 0 Å². The molecule has 1 aliphatic heterocycles. The molecule has 2 heterocycles. The summed E-state index contributed by atoms with van der Waals surface area (Å²) < 4.78 is 13.3. The Bertz CT molecular complexity index is 597. The van der Waals surface area contributed by atoms with Crippen LogP contribution >= 0.6 is 22.9 Å². The molecule has 3 rings (SSSR count). The highest BCUT2D eigenvalue weighted by atomic mass is 35.5. The Hall–Kier alpha value is -1.53. The summed E-state index contributed by atoms with van der Waals surface area (Å²) in [5, 5.41) is 3.12. The highest BCUT2D eigenvalue weighted by Crippen LogP contribution is 2.30. The molecular formula is C13H14ClFN4S. The first-order chi connectivity index (χ1) is 9.65. The maximum Gasteiger partial charge on any atom is 0.185 e. The van der Waals surface area contributed by atoms with Crippen molar-refractivity contribution in [2.45, 2.75) is 0 Å². The van der Waals surface area contributed by atoms with Crippen LogP contribution < -0.4 is 15.5 Å². The van der Waals surface area contributed by atoms with Crippen molar-refractivity contribution in [1.82, 2.24) is 4.98 Å². The number of benzene rings is 1. The molecule has 1 fully saturated rings. The fraction of sp³-hybridized carbons (Fsp3) is 0.308. The summed E-state index contributed by atoms with van der Waals surface area (Å²) in [6.07, 6.45) is 1.81. The molecule has 1 saturated heterocycles. The summed E-state index contributed by atoms with van der Waals surface area (Å²) in [5.41, 5.74) is 7.11. The molecule has 20 heavy (non-hydrogen) atoms. The molecule has 0 spiro atoms. The average Bonchev–Trinajstić information content (AvgIpc) is 2.97. The minimum Gasteiger partial charge on any atom is -0.397 e. The van der Waals surface area contributed by atoms with E-state index in [0.717, 1.165) is 37.0 Å². The molecule has 0 aliphatic carbocycles. The molecule has 2 aromatic rings. The molecule has 1 aromatic heterocycles. The van der Waals surface area contributed by atoms with Gasteiger partial charge in [0.25, 0.3) is 0 Å². The van der Waals surface area contributed by atoms with Gasteiger partial charge in [-0.05, 0) is 6.07 Å². The van der Waals surface area contributed by atoms with Crippen LogP contribution in [0, 0.1) is 5.82 Å². The summed E-state index contributed by atoms with van der Waals surface area (Å²) in [6.45, 7) is 3.35. The first-order valence-corrected chi connectivity index (χ1v) is 7.55. The monoisotopic (exact) mass is 312 g/mol. The Balaban J connectivity index is 1.74. The van der Waals surface area contributed by atoms with Crippen molar-refractivity contribution in [3.05, 3.63) is 34.5 Å². The van der Waals surface area contributed by atoms with Crippen molar-refractivity contribution in [3.63, 3.8) is 0 Å². The topological polar surface area (TPSA) is 45.4 Å². The summed E-state index contributed by atoms with van der Waals surface area (Å²) in [5.74, 6) is -0.477. The van der Waals surface area contributed by atoms with Crippen LogP contribution in [0.5, 0.6) is 0 Å². The second kappa shape index (κ2) is 5.46. The van der Waals surface area contributed by atoms with E-state index in [-0.39, 0.29) is 5.02 Å². The van der Waals surface area contributed by atoms with Crippen LogP contribution in [0.2, 0.25) is 5.02 Å². The maximum atomic E-state index is 13.3. The van der Waals surface area contributed by atoms with E-state index in [2.05, 4.69) is 14.8 Å². The normalized spacial score (nSPS) is 15.7. The third-order valence-electron chi connectivity index (χ3n) is 3.38. The van der Waals surface area contributed by atoms with E-state index in [1.54, 1.807) is 17.4 Å². The smallest absolute Gasteiger partial charge is 0.185 e. The average molecular weight is 313 g/mol. The highest BCUT2D eigenvalue weighted by molar-refractivity contribution is 7.13. The Morgan fingerprint density at radius 2 is 1.90 bits per heavy atom. The van der Waals surface area contributed by atoms with Crippen LogP contribution in [-0.4, -0.2) is 31.2 Å². The van der Waals surface area contributed by atoms with Gasteiger partial charge >= 0.3 is 0 Å². The number of thiazole rings is 1. The Kier molecular flexibility index (Phi) is 3.67. The summed E-state index contributed by atoms with van der Waals surface area (Å²) in [7, 11) is 0. The quantitative estimate of drug-likeness (QED) is 0.866. The van der Waals surface area contributed by atoms with Gasteiger partial charge in [-0.1, -0.05) is 11.6 Å². The minimum atomic E-state index is -0.477. The molecule has 0 atom stereocenters. The lowest BCUT2D eigenvalue weighted by molar-refractivity contribution is 0.626. The van der Waals surface area contributed by atoms with E-state index in [1.165, 1.54) is 6.07 Å². The molecule has 0 amide bonds. The number of hydrogen-bond acceptors (Lipinski definition) is 5. The SMILES string of the molecule is Nc1cc(F)c(Cl)cc1N1CCN(c2nccs2)CC1. The molecule has 0 unspecified atom stereocenters. The number of nitrogens with zero attached hydrogens (tertiary/aromatic N) is 3. The number of aromatic nitrogens is 1. The predicted molar refractivity (Wildman–Crippen MR) is 82.4 cm³/mol. The zero-order valence-corrected chi connectivity index (χ0v) is 12.3. The predicted octanol–water partition coefficient (Wildman–Crippen LogP) is 2.84. The fourth-order valence-electron chi connectivity index (χ4n) is 2.34. The molecular weight excluding hydrogens is 299 g/mol. The highest BCUT2D eigenvalue weighted by Gasteiger charge is 2.21. The number of rotatable bonds is 2. The van der Waals surface area contributed by atoms with Crippen LogP contribution in [0.1, 0.15) is 0 Å². The number of nitrogens with two attached hydrogens (primary N) is 1. The number of halogens is 2. The molecule has 7 heteroatoms. The summed E-state index contributed by atoms with van der Waals surface area (Å²) >= 11 is 7.47. The molecule has 1 aromatic carbocycles. The van der Waals surface area contributed by atoms with Crippen LogP contribution in [0.3, 0.4) is 0 Å². The molecule has 0 saturated carbocycles. The summed E-state index contributed by atoms with van der Waals surface area (Å²) in [4.78, 5) is 8.68. The lowest BCUT2D eigenvalue weighted by Gasteiger charge is -2.36. The third-order valence-corrected chi connectivity index (χ3v) is 4.50. The fourth-order valence-corrected chi connectivity index (χ4v) is 3.19. The second-order valence-corrected chi connectivity index (χ2v) is 5.89. The van der Waals surface area contributed by atoms with Gasteiger partial charge in [0.2, 0.25) is 0 Å². The second-order valence-electron chi connectivity index (χ2n) is 4.61. The first kappa shape index (κ1) is 13.5. The van der Waals surface area contributed by atoms with Crippen molar-refractivity contribution < 1.29 is 4.39 Å². The van der Waals surface area contributed by atoms with Gasteiger partial charge in [0.05, 0.1) is 16.4 Å². The number of piperazine rings is 1. The number of anilines is 3. The molecule has 106 valence electrons. The van der Waals surface area contributed by atoms with Crippen molar-refractivity contribution in [1.29, 1.82) is 0 Å². The van der Waals surface area contributed by atoms with Crippen molar-refractivity contribution in [2.75, 3.05) is 41.7 Å². The summed E-state index contributed by atoms with van der Waals surface area (Å²) in [6, 6.07) is 2.89. The van der Waals surface area contributed by atoms with E-state index in [4.69, 9.17) is 17.3 Å². The van der Waals surface area contributed by atoms with E-state index in [0.29, 0.717) is 5.69 Å². The van der Waals surface area contributed by atoms with E-state index in [1.807, 2.05) is 11.6 Å². The van der Waals surface area contributed by atoms with Gasteiger partial charge in [0, 0.05) is 43.8 Å². The standard InChI is InChI=1S/C13H14ClFN4S/c14-9-7-12(11(16)8-10(9)15)18-2-4-19(5-3-18)13-17-1-6-20-13/h1,6-8H,2-5,16H2. The molecule has 1 aliphatic rings. The zero-order valence-electron chi connectivity index (χ0n) is 10.7. The van der Waals surface area contributed by atoms with Gasteiger partial charge in [-0.15, -0.1) is 11.3 Å². The van der Waals surface area contributed by atoms with Crippen molar-refractivity contribution >= 4 is 39.4 Å². The van der Waals surface area contributed by atoms with Gasteiger partial charge in [-0.3, -0.25) is 0 Å². The first-order valence-electron chi connectivity index (χ1n) is 6.29.